The number of likely N-dealkylation sites (N-methyl/N-ethyl adjacent to an activating group) is 2. The zero-order valence-corrected chi connectivity index (χ0v) is 57.6. The van der Waals surface area contributed by atoms with Gasteiger partial charge < -0.3 is 20.4 Å². The first-order valence-corrected chi connectivity index (χ1v) is 37.4. The maximum absolute atomic E-state index is 13.2. The molecule has 2 N–H and O–H groups in total. The van der Waals surface area contributed by atoms with Crippen LogP contribution in [0.1, 0.15) is 79.2 Å². The molecule has 4 aromatic carbocycles. The van der Waals surface area contributed by atoms with Gasteiger partial charge in [-0.05, 0) is 104 Å². The number of fused-ring (bicyclic) bond motifs is 12. The molecule has 0 aliphatic carbocycles. The van der Waals surface area contributed by atoms with Gasteiger partial charge in [0.1, 0.15) is 19.6 Å². The van der Waals surface area contributed by atoms with Crippen molar-refractivity contribution in [2.45, 2.75) is 133 Å². The third-order valence-electron chi connectivity index (χ3n) is 17.8. The number of benzene rings is 4. The van der Waals surface area contributed by atoms with E-state index in [1.54, 1.807) is 179 Å². The third kappa shape index (κ3) is 11.8. The van der Waals surface area contributed by atoms with Gasteiger partial charge in [0, 0.05) is 124 Å². The molecular weight excluding hydrogens is 1300 g/mol. The van der Waals surface area contributed by atoms with E-state index in [9.17, 15) is 33.7 Å². The van der Waals surface area contributed by atoms with Crippen LogP contribution in [0, 0.1) is 41.5 Å². The highest BCUT2D eigenvalue weighted by molar-refractivity contribution is 7.92. The van der Waals surface area contributed by atoms with Crippen molar-refractivity contribution in [3.63, 3.8) is 0 Å². The summed E-state index contributed by atoms with van der Waals surface area (Å²) in [6.45, 7) is 17.4. The monoisotopic (exact) mass is 1370 g/mol. The van der Waals surface area contributed by atoms with Crippen LogP contribution in [-0.2, 0) is 91.2 Å². The molecule has 0 amide bonds. The van der Waals surface area contributed by atoms with Gasteiger partial charge in [0.25, 0.3) is 0 Å². The number of nitrogens with one attached hydrogen (secondary N) is 2. The van der Waals surface area contributed by atoms with Gasteiger partial charge in [-0.3, -0.25) is 0 Å². The summed E-state index contributed by atoms with van der Waals surface area (Å²) < 4.78 is 111. The smallest absolute Gasteiger partial charge is 0.212 e. The van der Waals surface area contributed by atoms with Crippen molar-refractivity contribution in [2.75, 3.05) is 40.3 Å². The lowest BCUT2D eigenvalue weighted by molar-refractivity contribution is 0.306. The highest BCUT2D eigenvalue weighted by Gasteiger charge is 2.34. The lowest BCUT2D eigenvalue weighted by Crippen LogP contribution is -2.29. The minimum Gasteiger partial charge on any atom is -0.312 e. The molecule has 4 aliphatic rings. The highest BCUT2D eigenvalue weighted by atomic mass is 32.2. The van der Waals surface area contributed by atoms with E-state index >= 15 is 0 Å². The number of sulfone groups is 4. The molecule has 16 rings (SSSR count). The van der Waals surface area contributed by atoms with E-state index in [1.165, 1.54) is 0 Å². The van der Waals surface area contributed by atoms with Crippen LogP contribution in [0.25, 0.3) is 22.6 Å². The van der Waals surface area contributed by atoms with Crippen LogP contribution in [0.15, 0.2) is 173 Å². The van der Waals surface area contributed by atoms with Crippen LogP contribution >= 0.6 is 0 Å². The largest absolute Gasteiger partial charge is 0.312 e. The van der Waals surface area contributed by atoms with Gasteiger partial charge in [-0.1, -0.05) is 72.8 Å². The van der Waals surface area contributed by atoms with Crippen LogP contribution < -0.4 is 10.6 Å². The van der Waals surface area contributed by atoms with Crippen molar-refractivity contribution in [2.24, 2.45) is 0 Å². The third-order valence-corrected chi connectivity index (χ3v) is 25.4. The number of aryl methyl sites for hydroxylation is 6. The number of nitrogens with zero attached hydrogens (tertiary/aromatic N) is 14. The van der Waals surface area contributed by atoms with E-state index in [2.05, 4.69) is 74.9 Å². The zero-order chi connectivity index (χ0) is 67.6. The van der Waals surface area contributed by atoms with Crippen molar-refractivity contribution in [3.8, 4) is 0 Å². The quantitative estimate of drug-likeness (QED) is 0.150. The van der Waals surface area contributed by atoms with Crippen LogP contribution in [-0.4, -0.2) is 142 Å². The van der Waals surface area contributed by atoms with Gasteiger partial charge in [-0.2, -0.15) is 20.4 Å². The number of rotatable bonds is 8. The number of aromatic nitrogens is 12. The standard InChI is InChI=1S/C18H20N4O2S.2C17H18N4O2S.C16H16N4O2S/c1-12-15-11-21(3)10-9-16(15)22-18(19-12)17(13(2)20-22)25(23,24)14-7-5-4-6-8-14;1-12-16(24(22,23)14-6-4-3-5-7-14)17-18-10-13-11-20(2)9-8-15(13)21(17)19-12;1-11-14-10-18-9-8-15(14)21-17(19-11)16(12(2)20-21)24(22,23)13-6-4-3-5-7-13;1-11-15(23(21,22)13-5-3-2-4-6-13)16-18-10-12-9-17-8-7-14(12)20(16)19-11/h4-8H,9-11H2,1-3H3;3-7,10H,8-9,11H2,1-2H3;3-7,18H,8-10H2,1-2H3;2-6,10,17H,7-9H2,1H3. The normalized spacial score (nSPS) is 15.2. The minimum absolute atomic E-state index is 0.199. The van der Waals surface area contributed by atoms with E-state index < -0.39 is 39.3 Å². The fraction of sp³-hybridized carbons (Fsp3) is 0.294. The first kappa shape index (κ1) is 65.7. The van der Waals surface area contributed by atoms with Gasteiger partial charge in [0.05, 0.1) is 65.1 Å². The van der Waals surface area contributed by atoms with E-state index in [0.717, 1.165) is 134 Å². The molecular formula is C68H72N16O8S4. The van der Waals surface area contributed by atoms with E-state index in [-0.39, 0.29) is 39.2 Å². The molecule has 496 valence electrons. The Bertz CT molecular complexity index is 5490. The summed E-state index contributed by atoms with van der Waals surface area (Å²) in [7, 11) is -10.5. The summed E-state index contributed by atoms with van der Waals surface area (Å²) in [5, 5.41) is 24.6. The predicted molar refractivity (Wildman–Crippen MR) is 359 cm³/mol. The van der Waals surface area contributed by atoms with Crippen molar-refractivity contribution in [3.05, 3.63) is 213 Å². The van der Waals surface area contributed by atoms with Gasteiger partial charge in [-0.15, -0.1) is 0 Å². The molecule has 0 atom stereocenters. The Balaban J connectivity index is 0.000000116. The molecule has 0 fully saturated rings. The summed E-state index contributed by atoms with van der Waals surface area (Å²) in [6, 6.07) is 33.8. The SMILES string of the molecule is Cc1nc2c(S(=O)(=O)c3ccccc3)c(C)nn2c2c1CN(C)CC2.Cc1nc2c(S(=O)(=O)c3ccccc3)c(C)nn2c2c1CNCC2.Cc1nn2c3c(cnc2c1S(=O)(=O)c1ccccc1)CN(C)CC3.Cc1nn2c3c(cnc2c1S(=O)(=O)c1ccccc1)CNCC3. The Hall–Kier alpha value is -9.00. The molecule has 0 unspecified atom stereocenters. The lowest BCUT2D eigenvalue weighted by Gasteiger charge is -2.26. The van der Waals surface area contributed by atoms with Crippen molar-refractivity contribution < 1.29 is 33.7 Å². The average molecular weight is 1370 g/mol. The maximum atomic E-state index is 13.2. The molecule has 8 aromatic heterocycles. The second-order valence-electron chi connectivity index (χ2n) is 24.4. The second kappa shape index (κ2) is 25.9. The minimum atomic E-state index is -3.66. The zero-order valence-electron chi connectivity index (χ0n) is 54.3. The fourth-order valence-electron chi connectivity index (χ4n) is 13.1. The van der Waals surface area contributed by atoms with Crippen molar-refractivity contribution in [1.29, 1.82) is 0 Å². The van der Waals surface area contributed by atoms with Gasteiger partial charge in [0.2, 0.25) is 39.3 Å². The summed E-state index contributed by atoms with van der Waals surface area (Å²) in [5.41, 5.74) is 14.0. The molecule has 4 aliphatic heterocycles. The van der Waals surface area contributed by atoms with Crippen LogP contribution in [0.5, 0.6) is 0 Å². The first-order valence-electron chi connectivity index (χ1n) is 31.4. The second-order valence-corrected chi connectivity index (χ2v) is 31.9. The molecule has 28 heteroatoms. The Morgan fingerprint density at radius 3 is 1.10 bits per heavy atom. The average Bonchev–Trinajstić information content (AvgIpc) is 1.50. The molecule has 0 spiro atoms. The Kier molecular flexibility index (Phi) is 17.7. The summed E-state index contributed by atoms with van der Waals surface area (Å²) in [6.07, 6.45) is 6.81. The molecule has 24 nitrogen and oxygen atoms in total. The Morgan fingerprint density at radius 1 is 0.354 bits per heavy atom. The van der Waals surface area contributed by atoms with E-state index in [0.29, 0.717) is 45.4 Å². The lowest BCUT2D eigenvalue weighted by atomic mass is 10.0. The fourth-order valence-corrected chi connectivity index (χ4v) is 19.3. The van der Waals surface area contributed by atoms with Crippen molar-refractivity contribution in [1.82, 2.24) is 78.8 Å². The van der Waals surface area contributed by atoms with Gasteiger partial charge >= 0.3 is 0 Å². The van der Waals surface area contributed by atoms with Crippen LogP contribution in [0.4, 0.5) is 0 Å². The van der Waals surface area contributed by atoms with Crippen LogP contribution in [0.2, 0.25) is 0 Å². The number of hydrogen-bond acceptors (Lipinski definition) is 20. The van der Waals surface area contributed by atoms with Crippen molar-refractivity contribution >= 4 is 61.9 Å². The molecule has 0 saturated carbocycles. The van der Waals surface area contributed by atoms with Gasteiger partial charge in [-0.25, -0.2) is 71.7 Å². The topological polar surface area (TPSA) is 288 Å². The molecule has 0 bridgehead atoms. The van der Waals surface area contributed by atoms with Gasteiger partial charge in [0.15, 0.2) is 22.6 Å². The maximum Gasteiger partial charge on any atom is 0.212 e. The number of hydrogen-bond donors (Lipinski definition) is 2. The molecule has 0 radical (unpaired) electrons. The van der Waals surface area contributed by atoms with E-state index in [1.807, 2.05) is 13.8 Å². The summed E-state index contributed by atoms with van der Waals surface area (Å²) in [4.78, 5) is 24.4. The first-order chi connectivity index (χ1) is 46.0. The summed E-state index contributed by atoms with van der Waals surface area (Å²) in [5.74, 6) is 0. The Labute approximate surface area is 556 Å². The Morgan fingerprint density at radius 2 is 0.677 bits per heavy atom. The van der Waals surface area contributed by atoms with Crippen LogP contribution in [0.3, 0.4) is 0 Å². The van der Waals surface area contributed by atoms with E-state index in [4.69, 9.17) is 0 Å². The summed E-state index contributed by atoms with van der Waals surface area (Å²) >= 11 is 0. The highest BCUT2D eigenvalue weighted by Crippen LogP contribution is 2.35. The molecule has 12 heterocycles. The molecule has 12 aromatic rings. The predicted octanol–water partition coefficient (Wildman–Crippen LogP) is 7.37. The molecule has 0 saturated heterocycles. The molecule has 96 heavy (non-hydrogen) atoms.